The van der Waals surface area contributed by atoms with Crippen molar-refractivity contribution < 1.29 is 4.79 Å². The van der Waals surface area contributed by atoms with Crippen molar-refractivity contribution in [3.63, 3.8) is 0 Å². The topological polar surface area (TPSA) is 83.8 Å². The predicted octanol–water partition coefficient (Wildman–Crippen LogP) is 3.70. The second-order valence-corrected chi connectivity index (χ2v) is 5.21. The van der Waals surface area contributed by atoms with Gasteiger partial charge in [-0.05, 0) is 24.3 Å². The zero-order chi connectivity index (χ0) is 15.0. The molecule has 3 aromatic rings. The highest BCUT2D eigenvalue weighted by molar-refractivity contribution is 6.44. The number of anilines is 2. The molecule has 21 heavy (non-hydrogen) atoms. The normalized spacial score (nSPS) is 10.8. The molecule has 0 aliphatic carbocycles. The molecule has 1 amide bonds. The van der Waals surface area contributed by atoms with E-state index in [9.17, 15) is 4.79 Å². The number of fused-ring (bicyclic) bond motifs is 1. The van der Waals surface area contributed by atoms with E-state index in [1.165, 1.54) is 12.1 Å². The maximum atomic E-state index is 12.2. The van der Waals surface area contributed by atoms with Crippen LogP contribution < -0.4 is 11.1 Å². The minimum absolute atomic E-state index is 0.152. The zero-order valence-corrected chi connectivity index (χ0v) is 12.2. The highest BCUT2D eigenvalue weighted by Gasteiger charge is 2.15. The van der Waals surface area contributed by atoms with Gasteiger partial charge in [0.15, 0.2) is 0 Å². The summed E-state index contributed by atoms with van der Waals surface area (Å²) in [5.74, 6) is -0.107. The van der Waals surface area contributed by atoms with Crippen LogP contribution in [0.2, 0.25) is 10.0 Å². The Morgan fingerprint density at radius 3 is 2.76 bits per heavy atom. The number of carbonyl (C=O) groups is 1. The van der Waals surface area contributed by atoms with Crippen molar-refractivity contribution in [2.24, 2.45) is 0 Å². The first-order valence-electron chi connectivity index (χ1n) is 6.05. The number of rotatable bonds is 2. The van der Waals surface area contributed by atoms with Gasteiger partial charge in [-0.25, -0.2) is 4.98 Å². The van der Waals surface area contributed by atoms with Crippen LogP contribution in [0.5, 0.6) is 0 Å². The Morgan fingerprint density at radius 1 is 1.24 bits per heavy atom. The van der Waals surface area contributed by atoms with Gasteiger partial charge in [-0.2, -0.15) is 0 Å². The van der Waals surface area contributed by atoms with Crippen LogP contribution >= 0.6 is 23.2 Å². The highest BCUT2D eigenvalue weighted by atomic mass is 35.5. The van der Waals surface area contributed by atoms with Crippen LogP contribution in [0, 0.1) is 0 Å². The third-order valence-electron chi connectivity index (χ3n) is 2.92. The van der Waals surface area contributed by atoms with Gasteiger partial charge in [-0.15, -0.1) is 0 Å². The second-order valence-electron chi connectivity index (χ2n) is 4.42. The second kappa shape index (κ2) is 5.27. The Balaban J connectivity index is 1.93. The van der Waals surface area contributed by atoms with E-state index in [4.69, 9.17) is 28.9 Å². The van der Waals surface area contributed by atoms with Gasteiger partial charge < -0.3 is 10.7 Å². The monoisotopic (exact) mass is 320 g/mol. The molecule has 0 aliphatic heterocycles. The van der Waals surface area contributed by atoms with Crippen molar-refractivity contribution in [2.45, 2.75) is 0 Å². The van der Waals surface area contributed by atoms with Crippen molar-refractivity contribution in [2.75, 3.05) is 11.1 Å². The van der Waals surface area contributed by atoms with Crippen LogP contribution in [-0.2, 0) is 0 Å². The number of aromatic amines is 1. The lowest BCUT2D eigenvalue weighted by Gasteiger charge is -2.07. The zero-order valence-electron chi connectivity index (χ0n) is 10.7. The van der Waals surface area contributed by atoms with E-state index in [-0.39, 0.29) is 15.6 Å². The summed E-state index contributed by atoms with van der Waals surface area (Å²) in [6, 6.07) is 10.4. The number of nitrogens with one attached hydrogen (secondary N) is 2. The largest absolute Gasteiger partial charge is 0.399 e. The molecule has 1 aromatic heterocycles. The number of carbonyl (C=O) groups excluding carboxylic acids is 1. The van der Waals surface area contributed by atoms with Crippen LogP contribution in [0.1, 0.15) is 10.4 Å². The third-order valence-corrected chi connectivity index (χ3v) is 3.72. The Bertz CT molecular complexity index is 811. The van der Waals surface area contributed by atoms with E-state index in [0.717, 1.165) is 11.0 Å². The molecule has 3 rings (SSSR count). The number of hydrogen-bond acceptors (Lipinski definition) is 3. The smallest absolute Gasteiger partial charge is 0.259 e. The molecule has 0 fully saturated rings. The molecule has 0 radical (unpaired) electrons. The molecule has 0 spiro atoms. The molecule has 1 heterocycles. The van der Waals surface area contributed by atoms with Crippen molar-refractivity contribution in [3.05, 3.63) is 52.0 Å². The number of nitrogens with two attached hydrogens (primary N) is 1. The molecule has 0 unspecified atom stereocenters. The molecular weight excluding hydrogens is 311 g/mol. The lowest BCUT2D eigenvalue weighted by molar-refractivity contribution is 0.102. The van der Waals surface area contributed by atoms with E-state index < -0.39 is 5.91 Å². The lowest BCUT2D eigenvalue weighted by Crippen LogP contribution is -2.14. The first-order chi connectivity index (χ1) is 10.0. The summed E-state index contributed by atoms with van der Waals surface area (Å²) in [5.41, 5.74) is 7.81. The van der Waals surface area contributed by atoms with Crippen molar-refractivity contribution >= 4 is 51.8 Å². The molecule has 106 valence electrons. The lowest BCUT2D eigenvalue weighted by atomic mass is 10.2. The van der Waals surface area contributed by atoms with Crippen LogP contribution in [-0.4, -0.2) is 15.9 Å². The number of nitrogens with zero attached hydrogens (tertiary/aromatic N) is 1. The van der Waals surface area contributed by atoms with E-state index >= 15 is 0 Å². The summed E-state index contributed by atoms with van der Waals surface area (Å²) in [6.07, 6.45) is 0. The quantitative estimate of drug-likeness (QED) is 0.629. The number of amides is 1. The van der Waals surface area contributed by atoms with E-state index in [1.54, 1.807) is 0 Å². The number of benzene rings is 2. The van der Waals surface area contributed by atoms with Crippen molar-refractivity contribution in [1.82, 2.24) is 9.97 Å². The maximum Gasteiger partial charge on any atom is 0.259 e. The van der Waals surface area contributed by atoms with Crippen molar-refractivity contribution in [1.29, 1.82) is 0 Å². The highest BCUT2D eigenvalue weighted by Crippen LogP contribution is 2.29. The minimum atomic E-state index is -0.437. The van der Waals surface area contributed by atoms with Gasteiger partial charge in [0.25, 0.3) is 5.91 Å². The summed E-state index contributed by atoms with van der Waals surface area (Å²) < 4.78 is 0. The molecule has 0 saturated carbocycles. The fourth-order valence-electron chi connectivity index (χ4n) is 1.96. The first-order valence-corrected chi connectivity index (χ1v) is 6.81. The van der Waals surface area contributed by atoms with Crippen LogP contribution in [0.25, 0.3) is 11.0 Å². The molecule has 0 atom stereocenters. The molecule has 7 heteroatoms. The number of nitrogen functional groups attached to an aromatic ring is 1. The van der Waals surface area contributed by atoms with E-state index in [0.29, 0.717) is 11.6 Å². The summed E-state index contributed by atoms with van der Waals surface area (Å²) in [7, 11) is 0. The summed E-state index contributed by atoms with van der Waals surface area (Å²) in [6.45, 7) is 0. The van der Waals surface area contributed by atoms with Gasteiger partial charge in [0, 0.05) is 5.69 Å². The predicted molar refractivity (Wildman–Crippen MR) is 84.9 cm³/mol. The van der Waals surface area contributed by atoms with Crippen molar-refractivity contribution in [3.8, 4) is 0 Å². The van der Waals surface area contributed by atoms with Gasteiger partial charge in [-0.3, -0.25) is 10.1 Å². The molecule has 4 N–H and O–H groups in total. The molecule has 5 nitrogen and oxygen atoms in total. The molecular formula is C14H10Cl2N4O. The summed E-state index contributed by atoms with van der Waals surface area (Å²) in [5, 5.41) is 3.02. The van der Waals surface area contributed by atoms with Gasteiger partial charge in [0.05, 0.1) is 26.6 Å². The number of H-pyrrole nitrogens is 1. The van der Waals surface area contributed by atoms with Crippen LogP contribution in [0.4, 0.5) is 11.6 Å². The maximum absolute atomic E-state index is 12.2. The Labute approximate surface area is 130 Å². The number of para-hydroxylation sites is 2. The van der Waals surface area contributed by atoms with Gasteiger partial charge in [0.1, 0.15) is 0 Å². The van der Waals surface area contributed by atoms with Gasteiger partial charge >= 0.3 is 0 Å². The third kappa shape index (κ3) is 2.66. The van der Waals surface area contributed by atoms with E-state index in [1.807, 2.05) is 24.3 Å². The molecule has 0 saturated heterocycles. The SMILES string of the molecule is Nc1cc(Cl)c(Cl)c(C(=O)Nc2nc3ccccc3[nH]2)c1. The average molecular weight is 321 g/mol. The Kier molecular flexibility index (Phi) is 3.45. The average Bonchev–Trinajstić information content (AvgIpc) is 2.84. The molecule has 0 bridgehead atoms. The molecule has 2 aromatic carbocycles. The van der Waals surface area contributed by atoms with Gasteiger partial charge in [-0.1, -0.05) is 35.3 Å². The Morgan fingerprint density at radius 2 is 2.00 bits per heavy atom. The minimum Gasteiger partial charge on any atom is -0.399 e. The Hall–Kier alpha value is -2.24. The fourth-order valence-corrected chi connectivity index (χ4v) is 2.38. The molecule has 0 aliphatic rings. The number of imidazole rings is 1. The number of aromatic nitrogens is 2. The first kappa shape index (κ1) is 13.7. The van der Waals surface area contributed by atoms with Gasteiger partial charge in [0.2, 0.25) is 5.95 Å². The number of hydrogen-bond donors (Lipinski definition) is 3. The fraction of sp³-hybridized carbons (Fsp3) is 0. The summed E-state index contributed by atoms with van der Waals surface area (Å²) in [4.78, 5) is 19.5. The summed E-state index contributed by atoms with van der Waals surface area (Å²) >= 11 is 11.9. The number of halogens is 2. The van der Waals surface area contributed by atoms with E-state index in [2.05, 4.69) is 15.3 Å². The van der Waals surface area contributed by atoms with Crippen LogP contribution in [0.3, 0.4) is 0 Å². The standard InChI is InChI=1S/C14H10Cl2N4O/c15-9-6-7(17)5-8(12(9)16)13(21)20-14-18-10-3-1-2-4-11(10)19-14/h1-6H,17H2,(H2,18,19,20,21). The van der Waals surface area contributed by atoms with Crippen LogP contribution in [0.15, 0.2) is 36.4 Å².